The van der Waals surface area contributed by atoms with Crippen molar-refractivity contribution in [3.8, 4) is 10.6 Å². The van der Waals surface area contributed by atoms with Crippen molar-refractivity contribution < 1.29 is 9.90 Å². The van der Waals surface area contributed by atoms with Crippen molar-refractivity contribution in [3.05, 3.63) is 27.4 Å². The lowest BCUT2D eigenvalue weighted by molar-refractivity contribution is -0.144. The zero-order valence-corrected chi connectivity index (χ0v) is 21.0. The van der Waals surface area contributed by atoms with Crippen LogP contribution in [0.5, 0.6) is 0 Å². The third-order valence-corrected chi connectivity index (χ3v) is 10.8. The number of thiophene rings is 1. The molecule has 1 N–H and O–H groups in total. The fraction of sp³-hybridized carbons (Fsp3) is 0.667. The number of nitrogens with zero attached hydrogens (tertiary/aromatic N) is 2. The van der Waals surface area contributed by atoms with Gasteiger partial charge in [-0.3, -0.25) is 4.79 Å². The summed E-state index contributed by atoms with van der Waals surface area (Å²) in [5.74, 6) is 2.59. The molecule has 1 saturated heterocycles. The highest BCUT2D eigenvalue weighted by Gasteiger charge is 2.54. The van der Waals surface area contributed by atoms with Crippen LogP contribution >= 0.6 is 34.4 Å². The van der Waals surface area contributed by atoms with Crippen LogP contribution in [0.25, 0.3) is 10.6 Å². The first-order valence-electron chi connectivity index (χ1n) is 11.5. The molecule has 2 aliphatic carbocycles. The lowest BCUT2D eigenvalue weighted by Crippen LogP contribution is -2.54. The Bertz CT molecular complexity index is 937. The number of amides is 1. The minimum absolute atomic E-state index is 0.0409. The van der Waals surface area contributed by atoms with Gasteiger partial charge in [0, 0.05) is 52.3 Å². The fourth-order valence-corrected chi connectivity index (χ4v) is 9.29. The van der Waals surface area contributed by atoms with Crippen LogP contribution < -0.4 is 0 Å². The number of thioether (sulfide) groups is 1. The van der Waals surface area contributed by atoms with Crippen LogP contribution in [-0.2, 0) is 11.2 Å². The summed E-state index contributed by atoms with van der Waals surface area (Å²) in [6.45, 7) is 8.35. The van der Waals surface area contributed by atoms with Crippen molar-refractivity contribution in [2.45, 2.75) is 52.1 Å². The predicted molar refractivity (Wildman–Crippen MR) is 131 cm³/mol. The van der Waals surface area contributed by atoms with Gasteiger partial charge in [-0.15, -0.1) is 11.3 Å². The van der Waals surface area contributed by atoms with Crippen LogP contribution in [0.4, 0.5) is 0 Å². The number of hydrogen-bond acceptors (Lipinski definition) is 6. The van der Waals surface area contributed by atoms with Crippen LogP contribution in [0, 0.1) is 23.2 Å². The molecule has 7 heteroatoms. The van der Waals surface area contributed by atoms with E-state index in [-0.39, 0.29) is 35.0 Å². The summed E-state index contributed by atoms with van der Waals surface area (Å²) in [6, 6.07) is 2.14. The van der Waals surface area contributed by atoms with E-state index < -0.39 is 6.10 Å². The maximum absolute atomic E-state index is 13.2. The van der Waals surface area contributed by atoms with E-state index in [0.717, 1.165) is 48.9 Å². The molecule has 1 unspecified atom stereocenters. The molecule has 0 bridgehead atoms. The molecule has 1 amide bonds. The quantitative estimate of drug-likeness (QED) is 0.667. The Morgan fingerprint density at radius 1 is 1.35 bits per heavy atom. The van der Waals surface area contributed by atoms with E-state index in [9.17, 15) is 9.90 Å². The van der Waals surface area contributed by atoms with Gasteiger partial charge in [-0.25, -0.2) is 4.98 Å². The van der Waals surface area contributed by atoms with E-state index in [1.54, 1.807) is 11.3 Å². The Morgan fingerprint density at radius 3 is 2.84 bits per heavy atom. The Kier molecular flexibility index (Phi) is 5.99. The minimum Gasteiger partial charge on any atom is -0.392 e. The van der Waals surface area contributed by atoms with E-state index >= 15 is 0 Å². The Morgan fingerprint density at radius 2 is 2.13 bits per heavy atom. The lowest BCUT2D eigenvalue weighted by Gasteiger charge is -2.53. The molecule has 0 spiro atoms. The van der Waals surface area contributed by atoms with Crippen LogP contribution in [0.15, 0.2) is 16.8 Å². The monoisotopic (exact) mass is 476 g/mol. The number of rotatable bonds is 3. The Hall–Kier alpha value is -0.890. The Labute approximate surface area is 197 Å². The van der Waals surface area contributed by atoms with Crippen molar-refractivity contribution in [2.24, 2.45) is 23.2 Å². The predicted octanol–water partition coefficient (Wildman–Crippen LogP) is 5.14. The summed E-state index contributed by atoms with van der Waals surface area (Å²) in [7, 11) is 0. The van der Waals surface area contributed by atoms with Crippen LogP contribution in [-0.4, -0.2) is 51.6 Å². The third kappa shape index (κ3) is 3.79. The van der Waals surface area contributed by atoms with Crippen molar-refractivity contribution in [1.29, 1.82) is 0 Å². The number of hydrogen-bond donors (Lipinski definition) is 1. The average Bonchev–Trinajstić information content (AvgIpc) is 3.43. The van der Waals surface area contributed by atoms with E-state index in [1.807, 2.05) is 28.0 Å². The van der Waals surface area contributed by atoms with Gasteiger partial charge < -0.3 is 10.0 Å². The number of carbonyl (C=O) groups excluding carboxylic acids is 1. The maximum Gasteiger partial charge on any atom is 0.225 e. The molecule has 31 heavy (non-hydrogen) atoms. The molecule has 1 saturated carbocycles. The van der Waals surface area contributed by atoms with Crippen molar-refractivity contribution in [1.82, 2.24) is 9.88 Å². The molecule has 2 aromatic heterocycles. The SMILES string of the molecule is C[C@H](C(=O)N1CCSCC1)C1CC[C@@]2(C)Cc3sc(-c4ccsc4)nc3[C@@H](C)[C@@H]2[C@H]1O. The van der Waals surface area contributed by atoms with Crippen molar-refractivity contribution in [3.63, 3.8) is 0 Å². The molecule has 0 radical (unpaired) electrons. The first-order chi connectivity index (χ1) is 14.9. The molecular weight excluding hydrogens is 444 g/mol. The van der Waals surface area contributed by atoms with Gasteiger partial charge in [0.1, 0.15) is 5.01 Å². The normalized spacial score (nSPS) is 34.1. The molecule has 168 valence electrons. The second kappa shape index (κ2) is 8.47. The average molecular weight is 477 g/mol. The zero-order chi connectivity index (χ0) is 21.8. The zero-order valence-electron chi connectivity index (χ0n) is 18.5. The van der Waals surface area contributed by atoms with Gasteiger partial charge in [0.2, 0.25) is 5.91 Å². The number of fused-ring (bicyclic) bond motifs is 2. The third-order valence-electron chi connectivity index (χ3n) is 8.04. The summed E-state index contributed by atoms with van der Waals surface area (Å²) >= 11 is 5.47. The van der Waals surface area contributed by atoms with Gasteiger partial charge in [-0.05, 0) is 48.0 Å². The molecule has 3 aliphatic rings. The number of aromatic nitrogens is 1. The summed E-state index contributed by atoms with van der Waals surface area (Å²) in [4.78, 5) is 21.7. The molecule has 5 rings (SSSR count). The lowest BCUT2D eigenvalue weighted by atomic mass is 9.53. The molecular formula is C24H32N2O2S3. The second-order valence-corrected chi connectivity index (χ2v) is 13.0. The minimum atomic E-state index is -0.452. The van der Waals surface area contributed by atoms with Crippen molar-refractivity contribution in [2.75, 3.05) is 24.6 Å². The smallest absolute Gasteiger partial charge is 0.225 e. The summed E-state index contributed by atoms with van der Waals surface area (Å²) in [5.41, 5.74) is 2.47. The van der Waals surface area contributed by atoms with Gasteiger partial charge in [0.05, 0.1) is 11.8 Å². The fourth-order valence-electron chi connectivity index (χ4n) is 6.31. The summed E-state index contributed by atoms with van der Waals surface area (Å²) in [6.07, 6.45) is 2.55. The van der Waals surface area contributed by atoms with E-state index in [4.69, 9.17) is 4.98 Å². The van der Waals surface area contributed by atoms with Gasteiger partial charge in [-0.1, -0.05) is 20.8 Å². The van der Waals surface area contributed by atoms with E-state index in [1.165, 1.54) is 16.1 Å². The highest BCUT2D eigenvalue weighted by molar-refractivity contribution is 7.99. The molecule has 6 atom stereocenters. The molecule has 3 heterocycles. The molecule has 2 fully saturated rings. The Balaban J connectivity index is 1.40. The molecule has 4 nitrogen and oxygen atoms in total. The van der Waals surface area contributed by atoms with Gasteiger partial charge >= 0.3 is 0 Å². The maximum atomic E-state index is 13.2. The summed E-state index contributed by atoms with van der Waals surface area (Å²) in [5, 5.41) is 17.0. The molecule has 0 aromatic carbocycles. The number of thiazole rings is 1. The van der Waals surface area contributed by atoms with Crippen molar-refractivity contribution >= 4 is 40.3 Å². The number of aliphatic hydroxyl groups excluding tert-OH is 1. The number of aliphatic hydroxyl groups is 1. The van der Waals surface area contributed by atoms with Gasteiger partial charge in [-0.2, -0.15) is 23.1 Å². The molecule has 2 aromatic rings. The van der Waals surface area contributed by atoms with Crippen LogP contribution in [0.2, 0.25) is 0 Å². The van der Waals surface area contributed by atoms with E-state index in [2.05, 4.69) is 37.6 Å². The van der Waals surface area contributed by atoms with Gasteiger partial charge in [0.25, 0.3) is 0 Å². The molecule has 1 aliphatic heterocycles. The van der Waals surface area contributed by atoms with Crippen LogP contribution in [0.3, 0.4) is 0 Å². The number of carbonyl (C=O) groups is 1. The van der Waals surface area contributed by atoms with E-state index in [0.29, 0.717) is 0 Å². The largest absolute Gasteiger partial charge is 0.392 e. The first-order valence-corrected chi connectivity index (χ1v) is 14.4. The summed E-state index contributed by atoms with van der Waals surface area (Å²) < 4.78 is 0. The van der Waals surface area contributed by atoms with Crippen LogP contribution in [0.1, 0.15) is 50.1 Å². The second-order valence-electron chi connectivity index (χ2n) is 9.90. The highest BCUT2D eigenvalue weighted by Crippen LogP contribution is 2.57. The first kappa shape index (κ1) is 21.9. The van der Waals surface area contributed by atoms with Gasteiger partial charge in [0.15, 0.2) is 0 Å². The standard InChI is InChI=1S/C24H32N2O2S3/c1-14(23(28)26-7-10-29-11-8-26)17-4-6-24(3)12-18-20(15(2)19(24)21(17)27)25-22(31-18)16-5-9-30-13-16/h5,9,13-15,17,19,21,27H,4,6-8,10-12H2,1-3H3/t14-,15-,17?,19+,21-,24-/m0/s1. The highest BCUT2D eigenvalue weighted by atomic mass is 32.2. The topological polar surface area (TPSA) is 53.4 Å².